The fraction of sp³-hybridized carbons (Fsp3) is 0.192. The van der Waals surface area contributed by atoms with Gasteiger partial charge in [-0.05, 0) is 73.9 Å². The minimum Gasteiger partial charge on any atom is -0.410 e. The quantitative estimate of drug-likeness (QED) is 0.416. The van der Waals surface area contributed by atoms with E-state index in [1.807, 2.05) is 36.4 Å². The maximum absolute atomic E-state index is 12.9. The third-order valence-electron chi connectivity index (χ3n) is 5.68. The molecule has 4 aromatic rings. The summed E-state index contributed by atoms with van der Waals surface area (Å²) in [5, 5.41) is 3.88. The largest absolute Gasteiger partial charge is 0.415 e. The van der Waals surface area contributed by atoms with E-state index in [0.717, 1.165) is 27.2 Å². The minimum absolute atomic E-state index is 0.208. The molecule has 1 aromatic heterocycles. The molecule has 1 aliphatic rings. The Balaban J connectivity index is 1.25. The fourth-order valence-corrected chi connectivity index (χ4v) is 5.05. The van der Waals surface area contributed by atoms with Gasteiger partial charge in [-0.15, -0.1) is 11.3 Å². The lowest BCUT2D eigenvalue weighted by Crippen LogP contribution is -2.44. The zero-order valence-electron chi connectivity index (χ0n) is 18.2. The first-order chi connectivity index (χ1) is 16.1. The van der Waals surface area contributed by atoms with Gasteiger partial charge < -0.3 is 10.1 Å². The number of aryl methyl sites for hydroxylation is 1. The Morgan fingerprint density at radius 2 is 1.85 bits per heavy atom. The van der Waals surface area contributed by atoms with Crippen molar-refractivity contribution in [1.82, 2.24) is 9.88 Å². The standard InChI is InChI=1S/C26H23N3O3S/c1-17-9-14-21-23(16-17)33-25(28-21)18-10-12-19(13-11-18)27-24(30)22-8-5-15-29(22)26(31)32-20-6-3-2-4-7-20/h2-4,6-7,9-14,16,22H,5,8,15H2,1H3,(H,27,30)/t22-/m1/s1. The third kappa shape index (κ3) is 4.59. The summed E-state index contributed by atoms with van der Waals surface area (Å²) in [4.78, 5) is 31.7. The molecular formula is C26H23N3O3S. The molecule has 2 amide bonds. The Morgan fingerprint density at radius 3 is 2.64 bits per heavy atom. The Morgan fingerprint density at radius 1 is 1.06 bits per heavy atom. The first-order valence-corrected chi connectivity index (χ1v) is 11.7. The predicted octanol–water partition coefficient (Wildman–Crippen LogP) is 5.87. The van der Waals surface area contributed by atoms with Gasteiger partial charge in [0.05, 0.1) is 10.2 Å². The van der Waals surface area contributed by atoms with Crippen molar-refractivity contribution in [3.05, 3.63) is 78.4 Å². The molecule has 0 unspecified atom stereocenters. The lowest BCUT2D eigenvalue weighted by molar-refractivity contribution is -0.119. The number of amides is 2. The van der Waals surface area contributed by atoms with Crippen molar-refractivity contribution >= 4 is 39.2 Å². The summed E-state index contributed by atoms with van der Waals surface area (Å²) in [5.74, 6) is 0.259. The van der Waals surface area contributed by atoms with E-state index in [9.17, 15) is 9.59 Å². The number of aromatic nitrogens is 1. The number of ether oxygens (including phenoxy) is 1. The van der Waals surface area contributed by atoms with Crippen molar-refractivity contribution < 1.29 is 14.3 Å². The zero-order chi connectivity index (χ0) is 22.8. The fourth-order valence-electron chi connectivity index (χ4n) is 3.98. The lowest BCUT2D eigenvalue weighted by Gasteiger charge is -2.23. The smallest absolute Gasteiger partial charge is 0.410 e. The van der Waals surface area contributed by atoms with E-state index in [-0.39, 0.29) is 5.91 Å². The molecule has 0 aliphatic carbocycles. The molecule has 0 bridgehead atoms. The number of rotatable bonds is 4. The van der Waals surface area contributed by atoms with E-state index in [1.165, 1.54) is 10.5 Å². The number of hydrogen-bond donors (Lipinski definition) is 1. The molecule has 2 heterocycles. The molecule has 166 valence electrons. The van der Waals surface area contributed by atoms with Gasteiger partial charge in [0.25, 0.3) is 0 Å². The molecular weight excluding hydrogens is 434 g/mol. The van der Waals surface area contributed by atoms with E-state index < -0.39 is 12.1 Å². The van der Waals surface area contributed by atoms with Crippen LogP contribution in [0.5, 0.6) is 5.75 Å². The van der Waals surface area contributed by atoms with Crippen LogP contribution in [-0.4, -0.2) is 34.5 Å². The molecule has 33 heavy (non-hydrogen) atoms. The molecule has 1 atom stereocenters. The van der Waals surface area contributed by atoms with Crippen LogP contribution in [0.25, 0.3) is 20.8 Å². The average molecular weight is 458 g/mol. The minimum atomic E-state index is -0.548. The summed E-state index contributed by atoms with van der Waals surface area (Å²) in [6, 6.07) is 22.2. The number of nitrogens with one attached hydrogen (secondary N) is 1. The second kappa shape index (κ2) is 9.03. The van der Waals surface area contributed by atoms with E-state index in [1.54, 1.807) is 35.6 Å². The topological polar surface area (TPSA) is 71.5 Å². The lowest BCUT2D eigenvalue weighted by atomic mass is 10.2. The van der Waals surface area contributed by atoms with Crippen LogP contribution in [0.15, 0.2) is 72.8 Å². The number of likely N-dealkylation sites (tertiary alicyclic amines) is 1. The van der Waals surface area contributed by atoms with Gasteiger partial charge in [-0.25, -0.2) is 9.78 Å². The van der Waals surface area contributed by atoms with E-state index in [4.69, 9.17) is 9.72 Å². The Labute approximate surface area is 195 Å². The zero-order valence-corrected chi connectivity index (χ0v) is 19.0. The van der Waals surface area contributed by atoms with Crippen molar-refractivity contribution in [2.45, 2.75) is 25.8 Å². The number of benzene rings is 3. The maximum atomic E-state index is 12.9. The SMILES string of the molecule is Cc1ccc2nc(-c3ccc(NC(=O)[C@H]4CCCN4C(=O)Oc4ccccc4)cc3)sc2c1. The van der Waals surface area contributed by atoms with Crippen LogP contribution in [0.1, 0.15) is 18.4 Å². The van der Waals surface area contributed by atoms with Crippen molar-refractivity contribution in [2.75, 3.05) is 11.9 Å². The molecule has 1 N–H and O–H groups in total. The molecule has 1 saturated heterocycles. The summed E-state index contributed by atoms with van der Waals surface area (Å²) < 4.78 is 6.59. The highest BCUT2D eigenvalue weighted by atomic mass is 32.1. The van der Waals surface area contributed by atoms with Crippen molar-refractivity contribution in [1.29, 1.82) is 0 Å². The molecule has 7 heteroatoms. The van der Waals surface area contributed by atoms with Gasteiger partial charge in [-0.2, -0.15) is 0 Å². The number of nitrogens with zero attached hydrogens (tertiary/aromatic N) is 2. The van der Waals surface area contributed by atoms with Crippen LogP contribution in [0, 0.1) is 6.92 Å². The second-order valence-electron chi connectivity index (χ2n) is 8.09. The van der Waals surface area contributed by atoms with Gasteiger partial charge >= 0.3 is 6.09 Å². The molecule has 0 spiro atoms. The average Bonchev–Trinajstić information content (AvgIpc) is 3.47. The normalized spacial score (nSPS) is 15.5. The Kier molecular flexibility index (Phi) is 5.79. The highest BCUT2D eigenvalue weighted by Crippen LogP contribution is 2.31. The van der Waals surface area contributed by atoms with E-state index >= 15 is 0 Å². The number of anilines is 1. The molecule has 0 saturated carbocycles. The van der Waals surface area contributed by atoms with Gasteiger partial charge in [0.1, 0.15) is 16.8 Å². The first-order valence-electron chi connectivity index (χ1n) is 10.9. The van der Waals surface area contributed by atoms with Crippen molar-refractivity contribution in [3.8, 4) is 16.3 Å². The molecule has 5 rings (SSSR count). The summed E-state index contributed by atoms with van der Waals surface area (Å²) in [5.41, 5.74) is 3.89. The number of thiazole rings is 1. The van der Waals surface area contributed by atoms with E-state index in [0.29, 0.717) is 24.4 Å². The number of carbonyl (C=O) groups excluding carboxylic acids is 2. The maximum Gasteiger partial charge on any atom is 0.415 e. The van der Waals surface area contributed by atoms with Crippen LogP contribution in [0.3, 0.4) is 0 Å². The predicted molar refractivity (Wildman–Crippen MR) is 131 cm³/mol. The summed E-state index contributed by atoms with van der Waals surface area (Å²) >= 11 is 1.65. The monoisotopic (exact) mass is 457 g/mol. The second-order valence-corrected chi connectivity index (χ2v) is 9.12. The van der Waals surface area contributed by atoms with Crippen LogP contribution in [-0.2, 0) is 4.79 Å². The summed E-state index contributed by atoms with van der Waals surface area (Å²) in [6.45, 7) is 2.57. The molecule has 3 aromatic carbocycles. The van der Waals surface area contributed by atoms with Crippen molar-refractivity contribution in [2.24, 2.45) is 0 Å². The third-order valence-corrected chi connectivity index (χ3v) is 6.75. The van der Waals surface area contributed by atoms with Gasteiger partial charge in [-0.1, -0.05) is 24.3 Å². The molecule has 1 aliphatic heterocycles. The van der Waals surface area contributed by atoms with Gasteiger partial charge in [0, 0.05) is 17.8 Å². The van der Waals surface area contributed by atoms with Crippen LogP contribution < -0.4 is 10.1 Å². The number of hydrogen-bond acceptors (Lipinski definition) is 5. The Hall–Kier alpha value is -3.71. The van der Waals surface area contributed by atoms with E-state index in [2.05, 4.69) is 24.4 Å². The molecule has 6 nitrogen and oxygen atoms in total. The van der Waals surface area contributed by atoms with Gasteiger partial charge in [0.15, 0.2) is 0 Å². The van der Waals surface area contributed by atoms with Gasteiger partial charge in [-0.3, -0.25) is 9.69 Å². The highest BCUT2D eigenvalue weighted by Gasteiger charge is 2.35. The number of carbonyl (C=O) groups is 2. The summed E-state index contributed by atoms with van der Waals surface area (Å²) in [6.07, 6.45) is 0.872. The van der Waals surface area contributed by atoms with Crippen LogP contribution in [0.2, 0.25) is 0 Å². The first kappa shape index (κ1) is 21.2. The molecule has 1 fully saturated rings. The molecule has 0 radical (unpaired) electrons. The van der Waals surface area contributed by atoms with Crippen LogP contribution in [0.4, 0.5) is 10.5 Å². The number of fused-ring (bicyclic) bond motifs is 1. The van der Waals surface area contributed by atoms with Crippen LogP contribution >= 0.6 is 11.3 Å². The van der Waals surface area contributed by atoms with Gasteiger partial charge in [0.2, 0.25) is 5.91 Å². The Bertz CT molecular complexity index is 1300. The number of para-hydroxylation sites is 1. The summed E-state index contributed by atoms with van der Waals surface area (Å²) in [7, 11) is 0. The van der Waals surface area contributed by atoms with Crippen molar-refractivity contribution in [3.63, 3.8) is 0 Å². The highest BCUT2D eigenvalue weighted by molar-refractivity contribution is 7.21.